The molecule has 0 spiro atoms. The van der Waals surface area contributed by atoms with E-state index in [0.29, 0.717) is 25.7 Å². The van der Waals surface area contributed by atoms with Crippen LogP contribution in [0.1, 0.15) is 18.6 Å². The quantitative estimate of drug-likeness (QED) is 0.528. The Morgan fingerprint density at radius 1 is 1.13 bits per heavy atom. The molecule has 0 aliphatic heterocycles. The van der Waals surface area contributed by atoms with Gasteiger partial charge in [-0.15, -0.1) is 11.6 Å². The van der Waals surface area contributed by atoms with E-state index in [-0.39, 0.29) is 6.10 Å². The molecule has 1 aromatic rings. The van der Waals surface area contributed by atoms with E-state index in [2.05, 4.69) is 12.1 Å². The fourth-order valence-corrected chi connectivity index (χ4v) is 1.37. The van der Waals surface area contributed by atoms with Crippen molar-refractivity contribution in [3.05, 3.63) is 35.9 Å². The first kappa shape index (κ1) is 12.5. The lowest BCUT2D eigenvalue weighted by atomic mass is 10.1. The number of benzene rings is 1. The third-order valence-electron chi connectivity index (χ3n) is 2.09. The fraction of sp³-hybridized carbons (Fsp3) is 0.500. The molecule has 2 nitrogen and oxygen atoms in total. The molecule has 84 valence electrons. The van der Waals surface area contributed by atoms with Crippen LogP contribution in [0.25, 0.3) is 0 Å². The van der Waals surface area contributed by atoms with Crippen LogP contribution in [0.15, 0.2) is 30.3 Å². The minimum atomic E-state index is 0.116. The molecule has 0 heterocycles. The standard InChI is InChI=1S/C12H17ClO2/c1-11(12-5-3-2-4-6-12)15-10-9-14-8-7-13/h2-6,11H,7-10H2,1H3. The van der Waals surface area contributed by atoms with Crippen molar-refractivity contribution >= 4 is 11.6 Å². The molecule has 0 radical (unpaired) electrons. The lowest BCUT2D eigenvalue weighted by Gasteiger charge is -2.13. The number of ether oxygens (including phenoxy) is 2. The summed E-state index contributed by atoms with van der Waals surface area (Å²) in [4.78, 5) is 0. The molecule has 0 aliphatic carbocycles. The van der Waals surface area contributed by atoms with Crippen molar-refractivity contribution in [2.45, 2.75) is 13.0 Å². The zero-order valence-electron chi connectivity index (χ0n) is 8.99. The predicted molar refractivity (Wildman–Crippen MR) is 62.3 cm³/mol. The van der Waals surface area contributed by atoms with Gasteiger partial charge in [-0.1, -0.05) is 30.3 Å². The van der Waals surface area contributed by atoms with Gasteiger partial charge in [-0.05, 0) is 12.5 Å². The summed E-state index contributed by atoms with van der Waals surface area (Å²) in [6.45, 7) is 3.83. The maximum absolute atomic E-state index is 5.61. The predicted octanol–water partition coefficient (Wildman–Crippen LogP) is 3.02. The molecule has 0 saturated carbocycles. The molecule has 15 heavy (non-hydrogen) atoms. The number of hydrogen-bond acceptors (Lipinski definition) is 2. The average Bonchev–Trinajstić information content (AvgIpc) is 2.30. The van der Waals surface area contributed by atoms with E-state index in [0.717, 1.165) is 0 Å². The second-order valence-electron chi connectivity index (χ2n) is 3.23. The highest BCUT2D eigenvalue weighted by atomic mass is 35.5. The summed E-state index contributed by atoms with van der Waals surface area (Å²) in [5.41, 5.74) is 1.19. The van der Waals surface area contributed by atoms with Crippen LogP contribution in [-0.4, -0.2) is 25.7 Å². The Hall–Kier alpha value is -0.570. The Bertz CT molecular complexity index is 251. The van der Waals surface area contributed by atoms with Crippen molar-refractivity contribution in [2.24, 2.45) is 0 Å². The zero-order valence-corrected chi connectivity index (χ0v) is 9.74. The van der Waals surface area contributed by atoms with E-state index in [4.69, 9.17) is 21.1 Å². The van der Waals surface area contributed by atoms with Crippen LogP contribution in [0.3, 0.4) is 0 Å². The van der Waals surface area contributed by atoms with Gasteiger partial charge in [0.25, 0.3) is 0 Å². The van der Waals surface area contributed by atoms with E-state index >= 15 is 0 Å². The van der Waals surface area contributed by atoms with Crippen molar-refractivity contribution in [3.63, 3.8) is 0 Å². The summed E-state index contributed by atoms with van der Waals surface area (Å²) in [5, 5.41) is 0. The monoisotopic (exact) mass is 228 g/mol. The molecule has 3 heteroatoms. The molecule has 0 amide bonds. The highest BCUT2D eigenvalue weighted by molar-refractivity contribution is 6.17. The Balaban J connectivity index is 2.16. The topological polar surface area (TPSA) is 18.5 Å². The Labute approximate surface area is 96.2 Å². The molecule has 1 atom stereocenters. The first-order chi connectivity index (χ1) is 7.34. The summed E-state index contributed by atoms with van der Waals surface area (Å²) < 4.78 is 10.8. The molecule has 0 N–H and O–H groups in total. The highest BCUT2D eigenvalue weighted by Crippen LogP contribution is 2.15. The van der Waals surface area contributed by atoms with E-state index < -0.39 is 0 Å². The smallest absolute Gasteiger partial charge is 0.0797 e. The largest absolute Gasteiger partial charge is 0.378 e. The first-order valence-corrected chi connectivity index (χ1v) is 5.68. The number of hydrogen-bond donors (Lipinski definition) is 0. The maximum atomic E-state index is 5.61. The van der Waals surface area contributed by atoms with Crippen molar-refractivity contribution in [1.82, 2.24) is 0 Å². The first-order valence-electron chi connectivity index (χ1n) is 5.15. The summed E-state index contributed by atoms with van der Waals surface area (Å²) in [6.07, 6.45) is 0.116. The minimum Gasteiger partial charge on any atom is -0.378 e. The molecule has 0 saturated heterocycles. The van der Waals surface area contributed by atoms with Crippen LogP contribution < -0.4 is 0 Å². The van der Waals surface area contributed by atoms with E-state index in [1.165, 1.54) is 5.56 Å². The van der Waals surface area contributed by atoms with Crippen LogP contribution >= 0.6 is 11.6 Å². The molecule has 1 rings (SSSR count). The number of halogens is 1. The minimum absolute atomic E-state index is 0.116. The van der Waals surface area contributed by atoms with Crippen LogP contribution in [-0.2, 0) is 9.47 Å². The van der Waals surface area contributed by atoms with E-state index in [1.807, 2.05) is 25.1 Å². The summed E-state index contributed by atoms with van der Waals surface area (Å²) in [6, 6.07) is 10.1. The Morgan fingerprint density at radius 3 is 2.53 bits per heavy atom. The molecular formula is C12H17ClO2. The van der Waals surface area contributed by atoms with E-state index in [9.17, 15) is 0 Å². The van der Waals surface area contributed by atoms with Gasteiger partial charge < -0.3 is 9.47 Å². The molecule has 0 bridgehead atoms. The molecule has 0 aliphatic rings. The zero-order chi connectivity index (χ0) is 10.9. The van der Waals surface area contributed by atoms with Gasteiger partial charge in [0.15, 0.2) is 0 Å². The van der Waals surface area contributed by atoms with Crippen molar-refractivity contribution in [2.75, 3.05) is 25.7 Å². The second kappa shape index (κ2) is 7.69. The average molecular weight is 229 g/mol. The van der Waals surface area contributed by atoms with Crippen LogP contribution in [0.4, 0.5) is 0 Å². The highest BCUT2D eigenvalue weighted by Gasteiger charge is 2.03. The van der Waals surface area contributed by atoms with Crippen LogP contribution in [0.2, 0.25) is 0 Å². The lowest BCUT2D eigenvalue weighted by molar-refractivity contribution is 0.0150. The lowest BCUT2D eigenvalue weighted by Crippen LogP contribution is -2.08. The summed E-state index contributed by atoms with van der Waals surface area (Å²) >= 11 is 5.47. The Morgan fingerprint density at radius 2 is 1.87 bits per heavy atom. The summed E-state index contributed by atoms with van der Waals surface area (Å²) in [5.74, 6) is 0.536. The van der Waals surface area contributed by atoms with Crippen molar-refractivity contribution in [1.29, 1.82) is 0 Å². The molecule has 0 fully saturated rings. The van der Waals surface area contributed by atoms with Gasteiger partial charge in [-0.25, -0.2) is 0 Å². The van der Waals surface area contributed by atoms with Gasteiger partial charge in [0.1, 0.15) is 0 Å². The number of rotatable bonds is 7. The second-order valence-corrected chi connectivity index (χ2v) is 3.60. The SMILES string of the molecule is CC(OCCOCCCl)c1ccccc1. The van der Waals surface area contributed by atoms with Gasteiger partial charge in [-0.2, -0.15) is 0 Å². The van der Waals surface area contributed by atoms with Crippen LogP contribution in [0, 0.1) is 0 Å². The van der Waals surface area contributed by atoms with Gasteiger partial charge in [0.2, 0.25) is 0 Å². The molecule has 1 unspecified atom stereocenters. The van der Waals surface area contributed by atoms with E-state index in [1.54, 1.807) is 0 Å². The van der Waals surface area contributed by atoms with Gasteiger partial charge in [-0.3, -0.25) is 0 Å². The normalized spacial score (nSPS) is 12.7. The van der Waals surface area contributed by atoms with Gasteiger partial charge >= 0.3 is 0 Å². The summed E-state index contributed by atoms with van der Waals surface area (Å²) in [7, 11) is 0. The molecule has 0 aromatic heterocycles. The van der Waals surface area contributed by atoms with Crippen molar-refractivity contribution in [3.8, 4) is 0 Å². The molecular weight excluding hydrogens is 212 g/mol. The van der Waals surface area contributed by atoms with Gasteiger partial charge in [0.05, 0.1) is 25.9 Å². The van der Waals surface area contributed by atoms with Crippen molar-refractivity contribution < 1.29 is 9.47 Å². The number of alkyl halides is 1. The Kier molecular flexibility index (Phi) is 6.41. The molecule has 1 aromatic carbocycles. The maximum Gasteiger partial charge on any atom is 0.0797 e. The third-order valence-corrected chi connectivity index (χ3v) is 2.24. The third kappa shape index (κ3) is 5.17. The van der Waals surface area contributed by atoms with Gasteiger partial charge in [0, 0.05) is 5.88 Å². The van der Waals surface area contributed by atoms with Crippen LogP contribution in [0.5, 0.6) is 0 Å². The fourth-order valence-electron chi connectivity index (χ4n) is 1.26.